The van der Waals surface area contributed by atoms with E-state index in [0.717, 1.165) is 44.6 Å². The monoisotopic (exact) mass is 347 g/mol. The number of amides is 1. The maximum Gasteiger partial charge on any atom is 0.242 e. The third-order valence-electron chi connectivity index (χ3n) is 4.36. The Hall–Kier alpha value is -1.11. The standard InChI is InChI=1S/C14H21N5O.2ClH/c1-18(13(20)14(15)6-7-14)11-4-3-9-19(10-11)12-5-2-8-16-17-12;;/h2,5,8,11H,3-4,6-7,9-10,15H2,1H3;2*1H. The van der Waals surface area contributed by atoms with Gasteiger partial charge in [0.05, 0.1) is 5.54 Å². The molecule has 3 rings (SSSR count). The van der Waals surface area contributed by atoms with E-state index in [4.69, 9.17) is 5.73 Å². The van der Waals surface area contributed by atoms with E-state index in [9.17, 15) is 4.79 Å². The van der Waals surface area contributed by atoms with Crippen LogP contribution in [0.1, 0.15) is 25.7 Å². The largest absolute Gasteiger partial charge is 0.353 e. The Morgan fingerprint density at radius 1 is 1.45 bits per heavy atom. The van der Waals surface area contributed by atoms with E-state index in [-0.39, 0.29) is 36.8 Å². The summed E-state index contributed by atoms with van der Waals surface area (Å²) < 4.78 is 0. The molecule has 1 unspecified atom stereocenters. The molecular formula is C14H23Cl2N5O. The van der Waals surface area contributed by atoms with Gasteiger partial charge in [0.25, 0.3) is 0 Å². The number of hydrogen-bond acceptors (Lipinski definition) is 5. The van der Waals surface area contributed by atoms with Gasteiger partial charge in [0.2, 0.25) is 5.91 Å². The summed E-state index contributed by atoms with van der Waals surface area (Å²) >= 11 is 0. The molecule has 1 amide bonds. The zero-order valence-corrected chi connectivity index (χ0v) is 14.3. The number of rotatable bonds is 3. The topological polar surface area (TPSA) is 75.3 Å². The summed E-state index contributed by atoms with van der Waals surface area (Å²) in [7, 11) is 1.88. The van der Waals surface area contributed by atoms with Crippen LogP contribution in [-0.4, -0.2) is 52.7 Å². The Morgan fingerprint density at radius 3 is 2.77 bits per heavy atom. The van der Waals surface area contributed by atoms with Crippen molar-refractivity contribution in [2.24, 2.45) is 5.73 Å². The molecule has 8 heteroatoms. The number of carbonyl (C=O) groups excluding carboxylic acids is 1. The lowest BCUT2D eigenvalue weighted by Gasteiger charge is -2.38. The number of anilines is 1. The summed E-state index contributed by atoms with van der Waals surface area (Å²) in [5.41, 5.74) is 5.44. The van der Waals surface area contributed by atoms with E-state index in [1.165, 1.54) is 0 Å². The van der Waals surface area contributed by atoms with Gasteiger partial charge in [-0.2, -0.15) is 5.10 Å². The number of halogens is 2. The number of aromatic nitrogens is 2. The number of nitrogens with zero attached hydrogens (tertiary/aromatic N) is 4. The molecule has 6 nitrogen and oxygen atoms in total. The van der Waals surface area contributed by atoms with E-state index in [2.05, 4.69) is 15.1 Å². The van der Waals surface area contributed by atoms with Crippen molar-refractivity contribution in [3.8, 4) is 0 Å². The second kappa shape index (κ2) is 7.44. The summed E-state index contributed by atoms with van der Waals surface area (Å²) in [4.78, 5) is 16.4. The second-order valence-corrected chi connectivity index (χ2v) is 5.90. The molecule has 1 aliphatic heterocycles. The van der Waals surface area contributed by atoms with Gasteiger partial charge in [0.15, 0.2) is 5.82 Å². The fourth-order valence-electron chi connectivity index (χ4n) is 2.81. The SMILES string of the molecule is CN(C(=O)C1(N)CC1)C1CCCN(c2cccnn2)C1.Cl.Cl. The first-order chi connectivity index (χ1) is 9.60. The number of hydrogen-bond donors (Lipinski definition) is 1. The van der Waals surface area contributed by atoms with Crippen LogP contribution in [0.15, 0.2) is 18.3 Å². The fraction of sp³-hybridized carbons (Fsp3) is 0.643. The van der Waals surface area contributed by atoms with Gasteiger partial charge in [-0.3, -0.25) is 4.79 Å². The minimum atomic E-state index is -0.580. The Bertz CT molecular complexity index is 497. The minimum Gasteiger partial charge on any atom is -0.353 e. The van der Waals surface area contributed by atoms with Gasteiger partial charge in [-0.05, 0) is 37.8 Å². The molecule has 1 aromatic rings. The molecule has 124 valence electrons. The van der Waals surface area contributed by atoms with Crippen LogP contribution in [0, 0.1) is 0 Å². The average molecular weight is 348 g/mol. The molecule has 0 aromatic carbocycles. The minimum absolute atomic E-state index is 0. The van der Waals surface area contributed by atoms with Gasteiger partial charge in [0, 0.05) is 32.4 Å². The van der Waals surface area contributed by atoms with Crippen LogP contribution in [0.3, 0.4) is 0 Å². The van der Waals surface area contributed by atoms with Crippen molar-refractivity contribution in [2.45, 2.75) is 37.3 Å². The molecule has 2 aliphatic rings. The predicted molar refractivity (Wildman–Crippen MR) is 90.7 cm³/mol. The van der Waals surface area contributed by atoms with Crippen molar-refractivity contribution in [1.29, 1.82) is 0 Å². The van der Waals surface area contributed by atoms with Crippen LogP contribution in [0.25, 0.3) is 0 Å². The Morgan fingerprint density at radius 2 is 2.18 bits per heavy atom. The van der Waals surface area contributed by atoms with Crippen LogP contribution in [-0.2, 0) is 4.79 Å². The molecule has 1 aliphatic carbocycles. The Balaban J connectivity index is 0.00000121. The van der Waals surface area contributed by atoms with Gasteiger partial charge in [0.1, 0.15) is 0 Å². The molecule has 2 fully saturated rings. The van der Waals surface area contributed by atoms with Crippen LogP contribution in [0.2, 0.25) is 0 Å². The highest BCUT2D eigenvalue weighted by Crippen LogP contribution is 2.35. The van der Waals surface area contributed by atoms with E-state index in [1.807, 2.05) is 24.1 Å². The summed E-state index contributed by atoms with van der Waals surface area (Å²) in [6.07, 6.45) is 5.38. The summed E-state index contributed by atoms with van der Waals surface area (Å²) in [6, 6.07) is 4.06. The van der Waals surface area contributed by atoms with Crippen molar-refractivity contribution in [1.82, 2.24) is 15.1 Å². The normalized spacial score (nSPS) is 22.1. The third kappa shape index (κ3) is 3.80. The van der Waals surface area contributed by atoms with E-state index in [0.29, 0.717) is 0 Å². The summed E-state index contributed by atoms with van der Waals surface area (Å²) in [5.74, 6) is 0.968. The van der Waals surface area contributed by atoms with Gasteiger partial charge in [-0.1, -0.05) is 0 Å². The molecular weight excluding hydrogens is 325 g/mol. The summed E-state index contributed by atoms with van der Waals surface area (Å²) in [5, 5.41) is 8.07. The van der Waals surface area contributed by atoms with Crippen LogP contribution < -0.4 is 10.6 Å². The third-order valence-corrected chi connectivity index (χ3v) is 4.36. The second-order valence-electron chi connectivity index (χ2n) is 5.90. The molecule has 1 saturated heterocycles. The number of piperidine rings is 1. The smallest absolute Gasteiger partial charge is 0.242 e. The maximum absolute atomic E-state index is 12.3. The van der Waals surface area contributed by atoms with Gasteiger partial charge < -0.3 is 15.5 Å². The molecule has 1 atom stereocenters. The first-order valence-corrected chi connectivity index (χ1v) is 7.19. The average Bonchev–Trinajstić information content (AvgIpc) is 3.26. The van der Waals surface area contributed by atoms with Crippen molar-refractivity contribution in [2.75, 3.05) is 25.0 Å². The van der Waals surface area contributed by atoms with E-state index < -0.39 is 5.54 Å². The van der Waals surface area contributed by atoms with Gasteiger partial charge >= 0.3 is 0 Å². The molecule has 22 heavy (non-hydrogen) atoms. The molecule has 2 heterocycles. The first-order valence-electron chi connectivity index (χ1n) is 7.19. The lowest BCUT2D eigenvalue weighted by Crippen LogP contribution is -2.53. The van der Waals surface area contributed by atoms with Crippen molar-refractivity contribution in [3.05, 3.63) is 18.3 Å². The predicted octanol–water partition coefficient (Wildman–Crippen LogP) is 1.24. The maximum atomic E-state index is 12.3. The highest BCUT2D eigenvalue weighted by atomic mass is 35.5. The molecule has 0 bridgehead atoms. The van der Waals surface area contributed by atoms with Crippen LogP contribution >= 0.6 is 24.8 Å². The Kier molecular flexibility index (Phi) is 6.40. The number of likely N-dealkylation sites (N-methyl/N-ethyl adjacent to an activating group) is 1. The van der Waals surface area contributed by atoms with Crippen molar-refractivity contribution >= 4 is 36.5 Å². The van der Waals surface area contributed by atoms with Crippen LogP contribution in [0.4, 0.5) is 5.82 Å². The van der Waals surface area contributed by atoms with Crippen molar-refractivity contribution in [3.63, 3.8) is 0 Å². The fourth-order valence-corrected chi connectivity index (χ4v) is 2.81. The number of nitrogens with two attached hydrogens (primary N) is 1. The highest BCUT2D eigenvalue weighted by Gasteiger charge is 2.48. The highest BCUT2D eigenvalue weighted by molar-refractivity contribution is 5.89. The van der Waals surface area contributed by atoms with Crippen LogP contribution in [0.5, 0.6) is 0 Å². The van der Waals surface area contributed by atoms with E-state index >= 15 is 0 Å². The lowest BCUT2D eigenvalue weighted by atomic mass is 10.0. The van der Waals surface area contributed by atoms with Gasteiger partial charge in [-0.25, -0.2) is 0 Å². The summed E-state index contributed by atoms with van der Waals surface area (Å²) in [6.45, 7) is 1.77. The molecule has 1 aromatic heterocycles. The van der Waals surface area contributed by atoms with Crippen molar-refractivity contribution < 1.29 is 4.79 Å². The quantitative estimate of drug-likeness (QED) is 0.890. The van der Waals surface area contributed by atoms with Gasteiger partial charge in [-0.15, -0.1) is 29.9 Å². The molecule has 2 N–H and O–H groups in total. The zero-order valence-electron chi connectivity index (χ0n) is 12.6. The number of carbonyl (C=O) groups is 1. The Labute approximate surface area is 143 Å². The molecule has 0 spiro atoms. The zero-order chi connectivity index (χ0) is 14.2. The van der Waals surface area contributed by atoms with E-state index in [1.54, 1.807) is 6.20 Å². The molecule has 1 saturated carbocycles. The first kappa shape index (κ1) is 18.9. The molecule has 0 radical (unpaired) electrons. The lowest BCUT2D eigenvalue weighted by molar-refractivity contribution is -0.134.